The van der Waals surface area contributed by atoms with Gasteiger partial charge in [-0.2, -0.15) is 0 Å². The minimum atomic E-state index is 0.793. The highest BCUT2D eigenvalue weighted by Gasteiger charge is 2.21. The fourth-order valence-electron chi connectivity index (χ4n) is 2.91. The van der Waals surface area contributed by atoms with Gasteiger partial charge in [0.1, 0.15) is 0 Å². The average molecular weight is 247 g/mol. The second kappa shape index (κ2) is 7.55. The molecule has 0 aliphatic heterocycles. The van der Waals surface area contributed by atoms with E-state index in [-0.39, 0.29) is 0 Å². The first-order valence-electron chi connectivity index (χ1n) is 7.14. The SMILES string of the molecule is COCCNCC1CCC(c2ccccc2)CC1. The molecular weight excluding hydrogens is 222 g/mol. The van der Waals surface area contributed by atoms with Gasteiger partial charge in [-0.3, -0.25) is 0 Å². The Balaban J connectivity index is 1.68. The van der Waals surface area contributed by atoms with Crippen molar-refractivity contribution in [3.05, 3.63) is 35.9 Å². The second-order valence-corrected chi connectivity index (χ2v) is 5.33. The summed E-state index contributed by atoms with van der Waals surface area (Å²) in [6, 6.07) is 11.0. The number of hydrogen-bond acceptors (Lipinski definition) is 2. The predicted molar refractivity (Wildman–Crippen MR) is 75.9 cm³/mol. The molecule has 1 N–H and O–H groups in total. The molecule has 18 heavy (non-hydrogen) atoms. The van der Waals surface area contributed by atoms with Gasteiger partial charge in [0, 0.05) is 13.7 Å². The van der Waals surface area contributed by atoms with Gasteiger partial charge in [0.2, 0.25) is 0 Å². The van der Waals surface area contributed by atoms with E-state index >= 15 is 0 Å². The maximum Gasteiger partial charge on any atom is 0.0587 e. The van der Waals surface area contributed by atoms with Gasteiger partial charge < -0.3 is 10.1 Å². The number of benzene rings is 1. The summed E-state index contributed by atoms with van der Waals surface area (Å²) in [5.41, 5.74) is 1.53. The summed E-state index contributed by atoms with van der Waals surface area (Å²) in [7, 11) is 1.76. The maximum atomic E-state index is 5.04. The van der Waals surface area contributed by atoms with E-state index in [1.807, 2.05) is 0 Å². The topological polar surface area (TPSA) is 21.3 Å². The van der Waals surface area contributed by atoms with Crippen LogP contribution in [0.5, 0.6) is 0 Å². The van der Waals surface area contributed by atoms with Gasteiger partial charge in [-0.05, 0) is 49.6 Å². The van der Waals surface area contributed by atoms with Gasteiger partial charge in [0.05, 0.1) is 6.61 Å². The molecule has 0 unspecified atom stereocenters. The lowest BCUT2D eigenvalue weighted by molar-refractivity contribution is 0.195. The third-order valence-electron chi connectivity index (χ3n) is 4.03. The van der Waals surface area contributed by atoms with Crippen molar-refractivity contribution in [2.45, 2.75) is 31.6 Å². The standard InChI is InChI=1S/C16H25NO/c1-18-12-11-17-13-14-7-9-16(10-8-14)15-5-3-2-4-6-15/h2-6,14,16-17H,7-13H2,1H3. The van der Waals surface area contributed by atoms with E-state index in [0.717, 1.165) is 31.5 Å². The predicted octanol–water partition coefficient (Wildman–Crippen LogP) is 3.20. The van der Waals surface area contributed by atoms with Gasteiger partial charge >= 0.3 is 0 Å². The number of nitrogens with one attached hydrogen (secondary N) is 1. The fourth-order valence-corrected chi connectivity index (χ4v) is 2.91. The minimum Gasteiger partial charge on any atom is -0.383 e. The van der Waals surface area contributed by atoms with E-state index < -0.39 is 0 Å². The normalized spacial score (nSPS) is 24.1. The molecule has 0 radical (unpaired) electrons. The molecule has 2 heteroatoms. The lowest BCUT2D eigenvalue weighted by atomic mass is 9.79. The lowest BCUT2D eigenvalue weighted by Crippen LogP contribution is -2.28. The highest BCUT2D eigenvalue weighted by Crippen LogP contribution is 2.35. The van der Waals surface area contributed by atoms with Crippen molar-refractivity contribution in [1.29, 1.82) is 0 Å². The summed E-state index contributed by atoms with van der Waals surface area (Å²) in [6.07, 6.45) is 5.42. The highest BCUT2D eigenvalue weighted by atomic mass is 16.5. The first-order chi connectivity index (χ1) is 8.90. The first-order valence-corrected chi connectivity index (χ1v) is 7.14. The van der Waals surface area contributed by atoms with E-state index in [0.29, 0.717) is 0 Å². The largest absolute Gasteiger partial charge is 0.383 e. The Morgan fingerprint density at radius 3 is 2.50 bits per heavy atom. The molecule has 1 fully saturated rings. The zero-order valence-electron chi connectivity index (χ0n) is 11.4. The molecule has 1 aliphatic rings. The third-order valence-corrected chi connectivity index (χ3v) is 4.03. The van der Waals surface area contributed by atoms with Crippen LogP contribution in [-0.2, 0) is 4.74 Å². The third kappa shape index (κ3) is 4.11. The van der Waals surface area contributed by atoms with Crippen molar-refractivity contribution in [2.24, 2.45) is 5.92 Å². The molecule has 0 spiro atoms. The Morgan fingerprint density at radius 2 is 1.83 bits per heavy atom. The quantitative estimate of drug-likeness (QED) is 0.779. The van der Waals surface area contributed by atoms with Crippen LogP contribution in [-0.4, -0.2) is 26.8 Å². The second-order valence-electron chi connectivity index (χ2n) is 5.33. The van der Waals surface area contributed by atoms with Gasteiger partial charge in [-0.1, -0.05) is 30.3 Å². The summed E-state index contributed by atoms with van der Waals surface area (Å²) < 4.78 is 5.04. The lowest BCUT2D eigenvalue weighted by Gasteiger charge is -2.29. The molecule has 2 rings (SSSR count). The summed E-state index contributed by atoms with van der Waals surface area (Å²) in [5, 5.41) is 3.49. The molecule has 100 valence electrons. The van der Waals surface area contributed by atoms with Crippen LogP contribution in [0.15, 0.2) is 30.3 Å². The number of rotatable bonds is 6. The molecule has 1 aliphatic carbocycles. The van der Waals surface area contributed by atoms with Crippen molar-refractivity contribution < 1.29 is 4.74 Å². The van der Waals surface area contributed by atoms with Crippen LogP contribution in [0.4, 0.5) is 0 Å². The molecule has 2 nitrogen and oxygen atoms in total. The van der Waals surface area contributed by atoms with Crippen LogP contribution >= 0.6 is 0 Å². The Kier molecular flexibility index (Phi) is 5.69. The van der Waals surface area contributed by atoms with Crippen molar-refractivity contribution >= 4 is 0 Å². The van der Waals surface area contributed by atoms with Crippen molar-refractivity contribution in [3.8, 4) is 0 Å². The summed E-state index contributed by atoms with van der Waals surface area (Å²) in [5.74, 6) is 1.66. The van der Waals surface area contributed by atoms with E-state index in [1.54, 1.807) is 7.11 Å². The highest BCUT2D eigenvalue weighted by molar-refractivity contribution is 5.19. The summed E-state index contributed by atoms with van der Waals surface area (Å²) in [6.45, 7) is 2.96. The molecule has 0 amide bonds. The molecule has 1 saturated carbocycles. The molecule has 0 saturated heterocycles. The summed E-state index contributed by atoms with van der Waals surface area (Å²) in [4.78, 5) is 0. The zero-order valence-corrected chi connectivity index (χ0v) is 11.4. The average Bonchev–Trinajstić information content (AvgIpc) is 2.45. The van der Waals surface area contributed by atoms with Crippen molar-refractivity contribution in [1.82, 2.24) is 5.32 Å². The van der Waals surface area contributed by atoms with Crippen LogP contribution in [0.25, 0.3) is 0 Å². The van der Waals surface area contributed by atoms with Crippen LogP contribution in [0.1, 0.15) is 37.2 Å². The Bertz CT molecular complexity index is 317. The monoisotopic (exact) mass is 247 g/mol. The number of methoxy groups -OCH3 is 1. The molecular formula is C16H25NO. The van der Waals surface area contributed by atoms with E-state index in [4.69, 9.17) is 4.74 Å². The fraction of sp³-hybridized carbons (Fsp3) is 0.625. The van der Waals surface area contributed by atoms with Gasteiger partial charge in [-0.15, -0.1) is 0 Å². The van der Waals surface area contributed by atoms with Crippen LogP contribution in [0.2, 0.25) is 0 Å². The molecule has 0 atom stereocenters. The molecule has 1 aromatic carbocycles. The molecule has 1 aromatic rings. The smallest absolute Gasteiger partial charge is 0.0587 e. The van der Waals surface area contributed by atoms with Gasteiger partial charge in [-0.25, -0.2) is 0 Å². The van der Waals surface area contributed by atoms with E-state index in [9.17, 15) is 0 Å². The van der Waals surface area contributed by atoms with Crippen molar-refractivity contribution in [3.63, 3.8) is 0 Å². The Hall–Kier alpha value is -0.860. The summed E-state index contributed by atoms with van der Waals surface area (Å²) >= 11 is 0. The first kappa shape index (κ1) is 13.6. The molecule has 0 bridgehead atoms. The van der Waals surface area contributed by atoms with Crippen molar-refractivity contribution in [2.75, 3.05) is 26.8 Å². The van der Waals surface area contributed by atoms with Crippen LogP contribution in [0.3, 0.4) is 0 Å². The van der Waals surface area contributed by atoms with Crippen LogP contribution < -0.4 is 5.32 Å². The van der Waals surface area contributed by atoms with Crippen LogP contribution in [0, 0.1) is 5.92 Å². The van der Waals surface area contributed by atoms with E-state index in [1.165, 1.54) is 31.2 Å². The Morgan fingerprint density at radius 1 is 1.11 bits per heavy atom. The minimum absolute atomic E-state index is 0.793. The zero-order chi connectivity index (χ0) is 12.6. The van der Waals surface area contributed by atoms with Gasteiger partial charge in [0.25, 0.3) is 0 Å². The van der Waals surface area contributed by atoms with Gasteiger partial charge in [0.15, 0.2) is 0 Å². The number of ether oxygens (including phenoxy) is 1. The maximum absolute atomic E-state index is 5.04. The van der Waals surface area contributed by atoms with E-state index in [2.05, 4.69) is 35.6 Å². The Labute approximate surface area is 111 Å². The number of hydrogen-bond donors (Lipinski definition) is 1. The molecule has 0 aromatic heterocycles. The molecule has 0 heterocycles.